The van der Waals surface area contributed by atoms with E-state index < -0.39 is 0 Å². The average Bonchev–Trinajstić information content (AvgIpc) is 2.36. The molecule has 1 aromatic heterocycles. The van der Waals surface area contributed by atoms with E-state index in [1.165, 1.54) is 5.56 Å². The lowest BCUT2D eigenvalue weighted by Crippen LogP contribution is -2.02. The van der Waals surface area contributed by atoms with E-state index in [4.69, 9.17) is 9.52 Å². The molecule has 3 heteroatoms. The Bertz CT molecular complexity index is 230. The highest BCUT2D eigenvalue weighted by molar-refractivity contribution is 7.98. The fourth-order valence-electron chi connectivity index (χ4n) is 0.874. The van der Waals surface area contributed by atoms with Crippen molar-refractivity contribution in [2.45, 2.75) is 25.7 Å². The van der Waals surface area contributed by atoms with Crippen LogP contribution in [0.2, 0.25) is 0 Å². The second-order valence-electron chi connectivity index (χ2n) is 2.89. The lowest BCUT2D eigenvalue weighted by atomic mass is 10.3. The van der Waals surface area contributed by atoms with Crippen LogP contribution in [0.15, 0.2) is 16.7 Å². The molecule has 1 heterocycles. The number of rotatable bonds is 4. The number of furan rings is 1. The average molecular weight is 186 g/mol. The van der Waals surface area contributed by atoms with Gasteiger partial charge in [-0.3, -0.25) is 0 Å². The summed E-state index contributed by atoms with van der Waals surface area (Å²) in [7, 11) is 0. The highest BCUT2D eigenvalue weighted by Gasteiger charge is 2.02. The molecule has 0 saturated heterocycles. The lowest BCUT2D eigenvalue weighted by Gasteiger charge is -2.02. The third-order valence-corrected chi connectivity index (χ3v) is 2.74. The summed E-state index contributed by atoms with van der Waals surface area (Å²) in [6.07, 6.45) is 1.47. The Morgan fingerprint density at radius 3 is 2.92 bits per heavy atom. The molecule has 0 saturated carbocycles. The molecule has 0 aliphatic rings. The number of aliphatic hydroxyl groups excluding tert-OH is 1. The summed E-state index contributed by atoms with van der Waals surface area (Å²) in [4.78, 5) is 0. The largest absolute Gasteiger partial charge is 0.468 e. The summed E-state index contributed by atoms with van der Waals surface area (Å²) in [5, 5.41) is 9.00. The van der Waals surface area contributed by atoms with Gasteiger partial charge in [0.2, 0.25) is 0 Å². The molecule has 0 fully saturated rings. The van der Waals surface area contributed by atoms with Crippen LogP contribution in [0.5, 0.6) is 0 Å². The summed E-state index contributed by atoms with van der Waals surface area (Å²) < 4.78 is 5.24. The first-order chi connectivity index (χ1) is 5.70. The van der Waals surface area contributed by atoms with Crippen LogP contribution in [0.3, 0.4) is 0 Å². The molecule has 0 spiro atoms. The molecule has 1 N–H and O–H groups in total. The maximum absolute atomic E-state index is 9.00. The van der Waals surface area contributed by atoms with Gasteiger partial charge in [-0.05, 0) is 25.5 Å². The Morgan fingerprint density at radius 1 is 1.67 bits per heavy atom. The molecule has 1 rings (SSSR count). The number of thioether (sulfide) groups is 1. The van der Waals surface area contributed by atoms with Crippen molar-refractivity contribution >= 4 is 11.8 Å². The van der Waals surface area contributed by atoms with E-state index in [1.807, 2.05) is 13.0 Å². The van der Waals surface area contributed by atoms with Crippen LogP contribution in [-0.4, -0.2) is 17.0 Å². The molecule has 0 aliphatic heterocycles. The summed E-state index contributed by atoms with van der Waals surface area (Å²) in [5.74, 6) is 2.63. The quantitative estimate of drug-likeness (QED) is 0.782. The highest BCUT2D eigenvalue weighted by Crippen LogP contribution is 2.17. The van der Waals surface area contributed by atoms with Crippen molar-refractivity contribution < 1.29 is 9.52 Å². The number of hydrogen-bond acceptors (Lipinski definition) is 3. The molecule has 0 radical (unpaired) electrons. The van der Waals surface area contributed by atoms with E-state index in [2.05, 4.69) is 0 Å². The van der Waals surface area contributed by atoms with Crippen LogP contribution in [0.25, 0.3) is 0 Å². The minimum Gasteiger partial charge on any atom is -0.468 e. The maximum Gasteiger partial charge on any atom is 0.116 e. The first-order valence-corrected chi connectivity index (χ1v) is 5.14. The van der Waals surface area contributed by atoms with Crippen LogP contribution in [0, 0.1) is 6.92 Å². The van der Waals surface area contributed by atoms with Crippen LogP contribution in [0.4, 0.5) is 0 Å². The van der Waals surface area contributed by atoms with Gasteiger partial charge in [0.15, 0.2) is 0 Å². The monoisotopic (exact) mass is 186 g/mol. The van der Waals surface area contributed by atoms with Gasteiger partial charge in [0.25, 0.3) is 0 Å². The Labute approximate surface area is 77.0 Å². The summed E-state index contributed by atoms with van der Waals surface area (Å²) in [6.45, 7) is 3.82. The van der Waals surface area contributed by atoms with Gasteiger partial charge in [0.05, 0.1) is 18.1 Å². The Morgan fingerprint density at radius 2 is 2.42 bits per heavy atom. The van der Waals surface area contributed by atoms with Gasteiger partial charge >= 0.3 is 0 Å². The van der Waals surface area contributed by atoms with Gasteiger partial charge in [-0.25, -0.2) is 0 Å². The van der Waals surface area contributed by atoms with Crippen molar-refractivity contribution in [2.75, 3.05) is 5.75 Å². The van der Waals surface area contributed by atoms with Crippen LogP contribution in [0.1, 0.15) is 18.2 Å². The second kappa shape index (κ2) is 4.58. The lowest BCUT2D eigenvalue weighted by molar-refractivity contribution is 0.220. The Balaban J connectivity index is 2.29. The third kappa shape index (κ3) is 2.91. The zero-order valence-electron chi connectivity index (χ0n) is 7.41. The van der Waals surface area contributed by atoms with E-state index in [-0.39, 0.29) is 6.10 Å². The Kier molecular flexibility index (Phi) is 3.69. The van der Waals surface area contributed by atoms with Crippen molar-refractivity contribution in [1.29, 1.82) is 0 Å². The third-order valence-electron chi connectivity index (χ3n) is 1.56. The summed E-state index contributed by atoms with van der Waals surface area (Å²) in [5.41, 5.74) is 1.19. The fourth-order valence-corrected chi connectivity index (χ4v) is 1.81. The van der Waals surface area contributed by atoms with E-state index in [9.17, 15) is 0 Å². The molecule has 0 aliphatic carbocycles. The van der Waals surface area contributed by atoms with Gasteiger partial charge in [0, 0.05) is 5.75 Å². The van der Waals surface area contributed by atoms with Crippen molar-refractivity contribution in [3.05, 3.63) is 23.7 Å². The topological polar surface area (TPSA) is 33.4 Å². The van der Waals surface area contributed by atoms with Crippen LogP contribution in [-0.2, 0) is 5.75 Å². The van der Waals surface area contributed by atoms with E-state index in [0.29, 0.717) is 0 Å². The van der Waals surface area contributed by atoms with Crippen molar-refractivity contribution in [1.82, 2.24) is 0 Å². The molecule has 1 aromatic rings. The molecule has 0 unspecified atom stereocenters. The standard InChI is InChI=1S/C9H14O2S/c1-7-3-4-11-9(7)6-12-5-8(2)10/h3-4,8,10H,5-6H2,1-2H3/t8-/m1/s1. The fraction of sp³-hybridized carbons (Fsp3) is 0.556. The molecule has 12 heavy (non-hydrogen) atoms. The van der Waals surface area contributed by atoms with Gasteiger partial charge in [-0.1, -0.05) is 0 Å². The molecule has 2 nitrogen and oxygen atoms in total. The number of hydrogen-bond donors (Lipinski definition) is 1. The van der Waals surface area contributed by atoms with Crippen molar-refractivity contribution in [3.63, 3.8) is 0 Å². The molecule has 0 aromatic carbocycles. The normalized spacial score (nSPS) is 13.2. The maximum atomic E-state index is 9.00. The molecule has 1 atom stereocenters. The van der Waals surface area contributed by atoms with Crippen molar-refractivity contribution in [2.24, 2.45) is 0 Å². The molecule has 68 valence electrons. The number of aryl methyl sites for hydroxylation is 1. The smallest absolute Gasteiger partial charge is 0.116 e. The first-order valence-electron chi connectivity index (χ1n) is 3.99. The highest BCUT2D eigenvalue weighted by atomic mass is 32.2. The van der Waals surface area contributed by atoms with Crippen LogP contribution >= 0.6 is 11.8 Å². The minimum absolute atomic E-state index is 0.231. The predicted octanol–water partition coefficient (Wildman–Crippen LogP) is 2.20. The first kappa shape index (κ1) is 9.68. The SMILES string of the molecule is Cc1ccoc1CSC[C@@H](C)O. The molecular weight excluding hydrogens is 172 g/mol. The van der Waals surface area contributed by atoms with Gasteiger partial charge in [-0.2, -0.15) is 11.8 Å². The molecule has 0 amide bonds. The second-order valence-corrected chi connectivity index (χ2v) is 3.92. The molecular formula is C9H14O2S. The summed E-state index contributed by atoms with van der Waals surface area (Å²) >= 11 is 1.69. The Hall–Kier alpha value is -0.410. The van der Waals surface area contributed by atoms with E-state index in [1.54, 1.807) is 24.9 Å². The van der Waals surface area contributed by atoms with Gasteiger partial charge in [-0.15, -0.1) is 0 Å². The van der Waals surface area contributed by atoms with Crippen LogP contribution < -0.4 is 0 Å². The van der Waals surface area contributed by atoms with E-state index >= 15 is 0 Å². The van der Waals surface area contributed by atoms with Crippen molar-refractivity contribution in [3.8, 4) is 0 Å². The molecule has 0 bridgehead atoms. The zero-order chi connectivity index (χ0) is 8.97. The van der Waals surface area contributed by atoms with Gasteiger partial charge in [0.1, 0.15) is 5.76 Å². The van der Waals surface area contributed by atoms with Gasteiger partial charge < -0.3 is 9.52 Å². The van der Waals surface area contributed by atoms with E-state index in [0.717, 1.165) is 17.3 Å². The number of aliphatic hydroxyl groups is 1. The zero-order valence-corrected chi connectivity index (χ0v) is 8.23. The summed E-state index contributed by atoms with van der Waals surface area (Å²) in [6, 6.07) is 1.96. The minimum atomic E-state index is -0.231. The predicted molar refractivity (Wildman–Crippen MR) is 51.3 cm³/mol.